The second-order valence-corrected chi connectivity index (χ2v) is 8.75. The maximum atomic E-state index is 12.9. The monoisotopic (exact) mass is 439 g/mol. The predicted molar refractivity (Wildman–Crippen MR) is 122 cm³/mol. The molecule has 8 nitrogen and oxygen atoms in total. The Bertz CT molecular complexity index is 1570. The Balaban J connectivity index is 1.20. The number of aryl methyl sites for hydroxylation is 1. The average Bonchev–Trinajstić information content (AvgIpc) is 3.26. The van der Waals surface area contributed by atoms with Gasteiger partial charge in [0.15, 0.2) is 11.5 Å². The minimum atomic E-state index is -0.904. The molecule has 0 spiro atoms. The number of pyridine rings is 1. The van der Waals surface area contributed by atoms with Crippen molar-refractivity contribution < 1.29 is 9.63 Å². The molecule has 0 amide bonds. The fourth-order valence-electron chi connectivity index (χ4n) is 4.64. The molecule has 0 bridgehead atoms. The molecule has 33 heavy (non-hydrogen) atoms. The van der Waals surface area contributed by atoms with Gasteiger partial charge in [-0.25, -0.2) is 9.97 Å². The van der Waals surface area contributed by atoms with E-state index in [0.29, 0.717) is 35.6 Å². The lowest BCUT2D eigenvalue weighted by atomic mass is 9.67. The largest absolute Gasteiger partial charge is 0.385 e. The lowest BCUT2D eigenvalue weighted by Gasteiger charge is -2.42. The molecular formula is C25H21N5O3. The van der Waals surface area contributed by atoms with Crippen molar-refractivity contribution in [2.45, 2.75) is 37.8 Å². The fraction of sp³-hybridized carbons (Fsp3) is 0.240. The molecule has 1 saturated carbocycles. The molecule has 0 radical (unpaired) electrons. The van der Waals surface area contributed by atoms with Gasteiger partial charge in [-0.2, -0.15) is 4.98 Å². The average molecular weight is 439 g/mol. The zero-order valence-corrected chi connectivity index (χ0v) is 18.0. The van der Waals surface area contributed by atoms with Gasteiger partial charge in [0.05, 0.1) is 11.0 Å². The Labute approximate surface area is 188 Å². The number of fused-ring (bicyclic) bond motifs is 2. The van der Waals surface area contributed by atoms with Crippen LogP contribution in [0.3, 0.4) is 0 Å². The summed E-state index contributed by atoms with van der Waals surface area (Å²) in [6, 6.07) is 16.0. The molecular weight excluding hydrogens is 418 g/mol. The van der Waals surface area contributed by atoms with Gasteiger partial charge in [0.1, 0.15) is 12.9 Å². The molecule has 1 N–H and O–H groups in total. The first-order valence-electron chi connectivity index (χ1n) is 10.9. The molecule has 1 aliphatic carbocycles. The smallest absolute Gasteiger partial charge is 0.263 e. The third kappa shape index (κ3) is 3.30. The number of hydrogen-bond donors (Lipinski definition) is 1. The van der Waals surface area contributed by atoms with Crippen molar-refractivity contribution in [3.63, 3.8) is 0 Å². The van der Waals surface area contributed by atoms with Gasteiger partial charge in [-0.15, -0.1) is 0 Å². The topological polar surface area (TPSA) is 107 Å². The molecule has 3 aromatic heterocycles. The summed E-state index contributed by atoms with van der Waals surface area (Å²) in [5.74, 6) is 0.878. The van der Waals surface area contributed by atoms with E-state index in [1.54, 1.807) is 12.3 Å². The Morgan fingerprint density at radius 3 is 2.79 bits per heavy atom. The zero-order valence-electron chi connectivity index (χ0n) is 18.0. The van der Waals surface area contributed by atoms with E-state index in [9.17, 15) is 9.90 Å². The molecule has 6 rings (SSSR count). The molecule has 5 aromatic rings. The quantitative estimate of drug-likeness (QED) is 0.457. The van der Waals surface area contributed by atoms with E-state index in [0.717, 1.165) is 21.9 Å². The van der Waals surface area contributed by atoms with Crippen LogP contribution in [0.4, 0.5) is 0 Å². The summed E-state index contributed by atoms with van der Waals surface area (Å²) in [6.45, 7) is 1.99. The first-order chi connectivity index (χ1) is 16.0. The van der Waals surface area contributed by atoms with E-state index in [1.807, 2.05) is 43.3 Å². The van der Waals surface area contributed by atoms with Crippen LogP contribution in [0.15, 0.2) is 70.4 Å². The lowest BCUT2D eigenvalue weighted by Crippen LogP contribution is -2.40. The maximum absolute atomic E-state index is 12.9. The van der Waals surface area contributed by atoms with Crippen molar-refractivity contribution in [2.75, 3.05) is 0 Å². The highest BCUT2D eigenvalue weighted by atomic mass is 16.5. The van der Waals surface area contributed by atoms with Crippen LogP contribution in [0.25, 0.3) is 21.8 Å². The predicted octanol–water partition coefficient (Wildman–Crippen LogP) is 3.45. The highest BCUT2D eigenvalue weighted by molar-refractivity contribution is 5.83. The first-order valence-corrected chi connectivity index (χ1v) is 10.9. The third-order valence-electron chi connectivity index (χ3n) is 6.54. The Morgan fingerprint density at radius 2 is 1.94 bits per heavy atom. The van der Waals surface area contributed by atoms with Gasteiger partial charge in [-0.3, -0.25) is 9.36 Å². The molecule has 0 unspecified atom stereocenters. The van der Waals surface area contributed by atoms with Crippen molar-refractivity contribution in [1.29, 1.82) is 0 Å². The zero-order chi connectivity index (χ0) is 22.6. The van der Waals surface area contributed by atoms with Gasteiger partial charge in [0.25, 0.3) is 5.56 Å². The molecule has 1 fully saturated rings. The molecule has 0 aliphatic heterocycles. The summed E-state index contributed by atoms with van der Waals surface area (Å²) < 4.78 is 6.85. The van der Waals surface area contributed by atoms with Crippen molar-refractivity contribution in [1.82, 2.24) is 24.7 Å². The van der Waals surface area contributed by atoms with E-state index in [1.165, 1.54) is 10.9 Å². The summed E-state index contributed by atoms with van der Waals surface area (Å²) >= 11 is 0. The van der Waals surface area contributed by atoms with Crippen LogP contribution >= 0.6 is 0 Å². The molecule has 0 saturated heterocycles. The van der Waals surface area contributed by atoms with Crippen LogP contribution < -0.4 is 5.56 Å². The molecule has 1 aliphatic rings. The molecule has 2 aromatic carbocycles. The standard InChI is InChI=1S/C25H21N5O3/c1-15-8-9-26-23-21(15)24(31)30(14-27-23)13-20-28-22(29-33-20)18-11-25(32,12-18)19-7-6-16-4-2-3-5-17(16)10-19/h2-10,14,18,32H,11-13H2,1H3. The fourth-order valence-corrected chi connectivity index (χ4v) is 4.64. The summed E-state index contributed by atoms with van der Waals surface area (Å²) in [5.41, 5.74) is 1.04. The molecule has 164 valence electrons. The highest BCUT2D eigenvalue weighted by Crippen LogP contribution is 2.50. The van der Waals surface area contributed by atoms with Gasteiger partial charge in [-0.1, -0.05) is 41.6 Å². The van der Waals surface area contributed by atoms with Crippen molar-refractivity contribution in [2.24, 2.45) is 0 Å². The third-order valence-corrected chi connectivity index (χ3v) is 6.54. The second kappa shape index (κ2) is 7.31. The minimum absolute atomic E-state index is 0.00290. The number of benzene rings is 2. The maximum Gasteiger partial charge on any atom is 0.263 e. The Morgan fingerprint density at radius 1 is 1.12 bits per heavy atom. The molecule has 8 heteroatoms. The van der Waals surface area contributed by atoms with E-state index in [4.69, 9.17) is 4.52 Å². The summed E-state index contributed by atoms with van der Waals surface area (Å²) in [4.78, 5) is 25.8. The van der Waals surface area contributed by atoms with Crippen LogP contribution in [0.5, 0.6) is 0 Å². The SMILES string of the molecule is Cc1ccnc2ncn(Cc3nc(C4CC(O)(c5ccc6ccccc6c5)C4)no3)c(=O)c12. The van der Waals surface area contributed by atoms with E-state index in [-0.39, 0.29) is 18.0 Å². The van der Waals surface area contributed by atoms with Crippen molar-refractivity contribution >= 4 is 21.8 Å². The van der Waals surface area contributed by atoms with Crippen LogP contribution in [0, 0.1) is 6.92 Å². The lowest BCUT2D eigenvalue weighted by molar-refractivity contribution is -0.0572. The summed E-state index contributed by atoms with van der Waals surface area (Å²) in [7, 11) is 0. The molecule has 3 heterocycles. The van der Waals surface area contributed by atoms with Gasteiger partial charge < -0.3 is 9.63 Å². The van der Waals surface area contributed by atoms with Gasteiger partial charge >= 0.3 is 0 Å². The minimum Gasteiger partial charge on any atom is -0.385 e. The van der Waals surface area contributed by atoms with Crippen LogP contribution in [0.2, 0.25) is 0 Å². The van der Waals surface area contributed by atoms with Crippen LogP contribution in [-0.2, 0) is 12.1 Å². The summed E-state index contributed by atoms with van der Waals surface area (Å²) in [5, 5.41) is 18.0. The Kier molecular flexibility index (Phi) is 4.38. The normalized spacial score (nSPS) is 20.2. The molecule has 0 atom stereocenters. The van der Waals surface area contributed by atoms with Gasteiger partial charge in [-0.05, 0) is 53.8 Å². The van der Waals surface area contributed by atoms with E-state index < -0.39 is 5.60 Å². The van der Waals surface area contributed by atoms with Crippen molar-refractivity contribution in [3.8, 4) is 0 Å². The second-order valence-electron chi connectivity index (χ2n) is 8.75. The number of rotatable bonds is 4. The van der Waals surface area contributed by atoms with E-state index >= 15 is 0 Å². The van der Waals surface area contributed by atoms with E-state index in [2.05, 4.69) is 26.2 Å². The van der Waals surface area contributed by atoms with Crippen LogP contribution in [0.1, 0.15) is 41.6 Å². The summed E-state index contributed by atoms with van der Waals surface area (Å²) in [6.07, 6.45) is 4.12. The van der Waals surface area contributed by atoms with Gasteiger partial charge in [0, 0.05) is 12.1 Å². The number of hydrogen-bond acceptors (Lipinski definition) is 7. The number of nitrogens with zero attached hydrogens (tertiary/aromatic N) is 5. The number of aliphatic hydroxyl groups is 1. The van der Waals surface area contributed by atoms with Crippen LogP contribution in [-0.4, -0.2) is 29.8 Å². The first kappa shape index (κ1) is 19.8. The Hall–Kier alpha value is -3.91. The van der Waals surface area contributed by atoms with Crippen molar-refractivity contribution in [3.05, 3.63) is 94.3 Å². The van der Waals surface area contributed by atoms with Gasteiger partial charge in [0.2, 0.25) is 5.89 Å². The highest BCUT2D eigenvalue weighted by Gasteiger charge is 2.46. The number of aromatic nitrogens is 5.